The first kappa shape index (κ1) is 12.9. The van der Waals surface area contributed by atoms with Crippen LogP contribution in [-0.4, -0.2) is 15.6 Å². The van der Waals surface area contributed by atoms with Crippen LogP contribution in [-0.2, 0) is 0 Å². The summed E-state index contributed by atoms with van der Waals surface area (Å²) in [4.78, 5) is 24.6. The van der Waals surface area contributed by atoms with Crippen LogP contribution in [0.3, 0.4) is 0 Å². The Labute approximate surface area is 119 Å². The molecule has 1 N–H and O–H groups in total. The maximum atomic E-state index is 12.3. The second kappa shape index (κ2) is 5.13. The van der Waals surface area contributed by atoms with E-state index in [0.29, 0.717) is 11.3 Å². The van der Waals surface area contributed by atoms with Crippen LogP contribution >= 0.6 is 0 Å². The Kier molecular flexibility index (Phi) is 3.16. The maximum absolute atomic E-state index is 12.3. The molecule has 2 aromatic carbocycles. The fourth-order valence-corrected chi connectivity index (χ4v) is 2.03. The van der Waals surface area contributed by atoms with Crippen LogP contribution in [0.25, 0.3) is 5.69 Å². The van der Waals surface area contributed by atoms with Crippen molar-refractivity contribution in [3.8, 4) is 11.6 Å². The zero-order valence-electron chi connectivity index (χ0n) is 10.9. The van der Waals surface area contributed by atoms with Crippen LogP contribution in [0.1, 0.15) is 15.9 Å². The average molecular weight is 281 g/mol. The SMILES string of the molecule is O=C(c1ccccc1)c1c(O)on(-c2ccccc2)c1=O. The van der Waals surface area contributed by atoms with E-state index in [9.17, 15) is 14.7 Å². The standard InChI is InChI=1S/C16H11NO4/c18-14(11-7-3-1-4-8-11)13-15(19)17(21-16(13)20)12-9-5-2-6-10-12/h1-10,20H. The summed E-state index contributed by atoms with van der Waals surface area (Å²) in [6.07, 6.45) is 0. The lowest BCUT2D eigenvalue weighted by Gasteiger charge is -1.97. The third-order valence-electron chi connectivity index (χ3n) is 3.04. The topological polar surface area (TPSA) is 72.4 Å². The molecule has 104 valence electrons. The van der Waals surface area contributed by atoms with Gasteiger partial charge in [0.25, 0.3) is 0 Å². The fraction of sp³-hybridized carbons (Fsp3) is 0. The molecule has 1 heterocycles. The molecular weight excluding hydrogens is 270 g/mol. The Morgan fingerprint density at radius 1 is 0.952 bits per heavy atom. The van der Waals surface area contributed by atoms with Gasteiger partial charge in [0.05, 0.1) is 5.69 Å². The minimum atomic E-state index is -0.687. The quantitative estimate of drug-likeness (QED) is 0.748. The largest absolute Gasteiger partial charge is 0.479 e. The Bertz CT molecular complexity index is 832. The summed E-state index contributed by atoms with van der Waals surface area (Å²) in [5.41, 5.74) is -0.312. The van der Waals surface area contributed by atoms with Crippen molar-refractivity contribution in [2.45, 2.75) is 0 Å². The highest BCUT2D eigenvalue weighted by molar-refractivity contribution is 6.10. The molecular formula is C16H11NO4. The van der Waals surface area contributed by atoms with Gasteiger partial charge in [0.1, 0.15) is 0 Å². The van der Waals surface area contributed by atoms with Gasteiger partial charge in [-0.3, -0.25) is 9.59 Å². The molecule has 0 saturated heterocycles. The molecule has 0 atom stereocenters. The van der Waals surface area contributed by atoms with E-state index in [1.54, 1.807) is 60.7 Å². The number of aromatic nitrogens is 1. The number of aromatic hydroxyl groups is 1. The molecule has 3 aromatic rings. The van der Waals surface area contributed by atoms with Crippen LogP contribution in [0.15, 0.2) is 70.0 Å². The minimum Gasteiger partial charge on any atom is -0.479 e. The van der Waals surface area contributed by atoms with Crippen LogP contribution in [0.5, 0.6) is 5.95 Å². The summed E-state index contributed by atoms with van der Waals surface area (Å²) >= 11 is 0. The summed E-state index contributed by atoms with van der Waals surface area (Å²) < 4.78 is 5.91. The van der Waals surface area contributed by atoms with Gasteiger partial charge >= 0.3 is 11.5 Å². The molecule has 0 aliphatic rings. The molecule has 0 radical (unpaired) electrons. The summed E-state index contributed by atoms with van der Waals surface area (Å²) in [5.74, 6) is -1.26. The molecule has 0 unspecified atom stereocenters. The maximum Gasteiger partial charge on any atom is 0.322 e. The number of carbonyl (C=O) groups excluding carboxylic acids is 1. The molecule has 0 aliphatic carbocycles. The number of nitrogens with zero attached hydrogens (tertiary/aromatic N) is 1. The lowest BCUT2D eigenvalue weighted by Crippen LogP contribution is -2.19. The second-order valence-electron chi connectivity index (χ2n) is 4.40. The minimum absolute atomic E-state index is 0.311. The van der Waals surface area contributed by atoms with Crippen molar-refractivity contribution in [1.29, 1.82) is 0 Å². The van der Waals surface area contributed by atoms with Crippen molar-refractivity contribution >= 4 is 5.78 Å². The van der Waals surface area contributed by atoms with Crippen LogP contribution in [0, 0.1) is 0 Å². The molecule has 3 rings (SSSR count). The molecule has 1 aromatic heterocycles. The van der Waals surface area contributed by atoms with Gasteiger partial charge in [-0.2, -0.15) is 0 Å². The molecule has 0 amide bonds. The Morgan fingerprint density at radius 3 is 2.14 bits per heavy atom. The summed E-state index contributed by atoms with van der Waals surface area (Å²) in [7, 11) is 0. The van der Waals surface area contributed by atoms with Gasteiger partial charge in [-0.15, -0.1) is 4.74 Å². The molecule has 0 saturated carbocycles. The summed E-state index contributed by atoms with van der Waals surface area (Å²) in [6.45, 7) is 0. The highest BCUT2D eigenvalue weighted by Gasteiger charge is 2.25. The highest BCUT2D eigenvalue weighted by atomic mass is 16.6. The molecule has 0 aliphatic heterocycles. The molecule has 5 heteroatoms. The van der Waals surface area contributed by atoms with Crippen molar-refractivity contribution < 1.29 is 14.4 Å². The lowest BCUT2D eigenvalue weighted by molar-refractivity contribution is 0.103. The van der Waals surface area contributed by atoms with Gasteiger partial charge in [0, 0.05) is 5.56 Å². The van der Waals surface area contributed by atoms with E-state index in [1.807, 2.05) is 0 Å². The number of carbonyl (C=O) groups is 1. The Hall–Kier alpha value is -3.08. The number of rotatable bonds is 3. The zero-order chi connectivity index (χ0) is 14.8. The normalized spacial score (nSPS) is 10.5. The first-order chi connectivity index (χ1) is 10.2. The van der Waals surface area contributed by atoms with Gasteiger partial charge in [0.2, 0.25) is 5.78 Å². The number of ketones is 1. The lowest BCUT2D eigenvalue weighted by atomic mass is 10.1. The van der Waals surface area contributed by atoms with Crippen LogP contribution < -0.4 is 5.56 Å². The predicted molar refractivity (Wildman–Crippen MR) is 75.8 cm³/mol. The first-order valence-corrected chi connectivity index (χ1v) is 6.29. The van der Waals surface area contributed by atoms with Gasteiger partial charge in [-0.25, -0.2) is 0 Å². The van der Waals surface area contributed by atoms with Crippen molar-refractivity contribution in [3.63, 3.8) is 0 Å². The smallest absolute Gasteiger partial charge is 0.322 e. The number of hydrogen-bond acceptors (Lipinski definition) is 4. The van der Waals surface area contributed by atoms with E-state index >= 15 is 0 Å². The van der Waals surface area contributed by atoms with Crippen LogP contribution in [0.2, 0.25) is 0 Å². The van der Waals surface area contributed by atoms with Gasteiger partial charge in [0.15, 0.2) is 5.56 Å². The number of hydrogen-bond donors (Lipinski definition) is 1. The second-order valence-corrected chi connectivity index (χ2v) is 4.40. The monoisotopic (exact) mass is 281 g/mol. The molecule has 0 fully saturated rings. The third-order valence-corrected chi connectivity index (χ3v) is 3.04. The average Bonchev–Trinajstić information content (AvgIpc) is 2.83. The third kappa shape index (κ3) is 2.25. The molecule has 5 nitrogen and oxygen atoms in total. The van der Waals surface area contributed by atoms with Crippen molar-refractivity contribution in [1.82, 2.24) is 4.74 Å². The van der Waals surface area contributed by atoms with E-state index in [1.165, 1.54) is 0 Å². The number of benzene rings is 2. The van der Waals surface area contributed by atoms with Crippen molar-refractivity contribution in [2.24, 2.45) is 0 Å². The molecule has 21 heavy (non-hydrogen) atoms. The van der Waals surface area contributed by atoms with Gasteiger partial charge in [-0.05, 0) is 12.1 Å². The number of para-hydroxylation sites is 1. The van der Waals surface area contributed by atoms with E-state index < -0.39 is 17.3 Å². The summed E-state index contributed by atoms with van der Waals surface area (Å²) in [5, 5.41) is 9.80. The fourth-order valence-electron chi connectivity index (χ4n) is 2.03. The summed E-state index contributed by atoms with van der Waals surface area (Å²) in [6, 6.07) is 16.8. The van der Waals surface area contributed by atoms with E-state index in [2.05, 4.69) is 0 Å². The van der Waals surface area contributed by atoms with Gasteiger partial charge < -0.3 is 9.63 Å². The van der Waals surface area contributed by atoms with Crippen LogP contribution in [0.4, 0.5) is 0 Å². The van der Waals surface area contributed by atoms with Gasteiger partial charge in [-0.1, -0.05) is 48.5 Å². The molecule has 0 spiro atoms. The Morgan fingerprint density at radius 2 is 1.52 bits per heavy atom. The highest BCUT2D eigenvalue weighted by Crippen LogP contribution is 2.19. The van der Waals surface area contributed by atoms with E-state index in [0.717, 1.165) is 4.74 Å². The first-order valence-electron chi connectivity index (χ1n) is 6.29. The predicted octanol–water partition coefficient (Wildman–Crippen LogP) is 2.37. The van der Waals surface area contributed by atoms with Crippen molar-refractivity contribution in [3.05, 3.63) is 82.1 Å². The van der Waals surface area contributed by atoms with Crippen molar-refractivity contribution in [2.75, 3.05) is 0 Å². The zero-order valence-corrected chi connectivity index (χ0v) is 10.9. The molecule has 0 bridgehead atoms. The van der Waals surface area contributed by atoms with E-state index in [-0.39, 0.29) is 5.56 Å². The Balaban J connectivity index is 2.12. The van der Waals surface area contributed by atoms with E-state index in [4.69, 9.17) is 4.52 Å².